The zero-order valence-electron chi connectivity index (χ0n) is 15.0. The lowest BCUT2D eigenvalue weighted by Crippen LogP contribution is -2.10. The van der Waals surface area contributed by atoms with Crippen molar-refractivity contribution in [3.63, 3.8) is 0 Å². The minimum atomic E-state index is -0.0281. The van der Waals surface area contributed by atoms with Gasteiger partial charge in [0, 0.05) is 21.1 Å². The molecule has 2 N–H and O–H groups in total. The van der Waals surface area contributed by atoms with Crippen molar-refractivity contribution >= 4 is 40.6 Å². The Morgan fingerprint density at radius 1 is 1.07 bits per heavy atom. The molecular formula is C21H20N2O2S2. The first kappa shape index (κ1) is 17.9. The van der Waals surface area contributed by atoms with E-state index in [0.717, 1.165) is 39.7 Å². The average molecular weight is 397 g/mol. The van der Waals surface area contributed by atoms with Crippen molar-refractivity contribution in [3.05, 3.63) is 69.9 Å². The molecule has 6 heteroatoms. The highest BCUT2D eigenvalue weighted by molar-refractivity contribution is 8.00. The number of benzene rings is 2. The molecule has 0 unspecified atom stereocenters. The zero-order chi connectivity index (χ0) is 18.6. The van der Waals surface area contributed by atoms with Crippen LogP contribution in [0.3, 0.4) is 0 Å². The van der Waals surface area contributed by atoms with Crippen molar-refractivity contribution in [1.82, 2.24) is 0 Å². The van der Waals surface area contributed by atoms with Crippen LogP contribution in [0.2, 0.25) is 0 Å². The highest BCUT2D eigenvalue weighted by Gasteiger charge is 2.18. The van der Waals surface area contributed by atoms with E-state index in [4.69, 9.17) is 4.74 Å². The zero-order valence-corrected chi connectivity index (χ0v) is 16.6. The van der Waals surface area contributed by atoms with Crippen molar-refractivity contribution < 1.29 is 9.53 Å². The molecular weight excluding hydrogens is 376 g/mol. The Morgan fingerprint density at radius 3 is 2.70 bits per heavy atom. The highest BCUT2D eigenvalue weighted by atomic mass is 32.2. The van der Waals surface area contributed by atoms with E-state index in [2.05, 4.69) is 10.0 Å². The average Bonchev–Trinajstić information content (AvgIpc) is 3.29. The van der Waals surface area contributed by atoms with Crippen molar-refractivity contribution in [2.24, 2.45) is 0 Å². The number of ether oxygens (including phenoxy) is 1. The summed E-state index contributed by atoms with van der Waals surface area (Å²) in [7, 11) is 1.65. The van der Waals surface area contributed by atoms with E-state index in [1.165, 1.54) is 28.8 Å². The predicted molar refractivity (Wildman–Crippen MR) is 113 cm³/mol. The summed E-state index contributed by atoms with van der Waals surface area (Å²) in [5.74, 6) is 0.800. The van der Waals surface area contributed by atoms with Gasteiger partial charge in [-0.25, -0.2) is 0 Å². The van der Waals surface area contributed by atoms with Crippen LogP contribution < -0.4 is 14.8 Å². The van der Waals surface area contributed by atoms with Crippen LogP contribution >= 0.6 is 23.3 Å². The van der Waals surface area contributed by atoms with Crippen LogP contribution in [0.1, 0.15) is 26.5 Å². The Kier molecular flexibility index (Phi) is 5.36. The van der Waals surface area contributed by atoms with Crippen LogP contribution in [0.15, 0.2) is 59.5 Å². The topological polar surface area (TPSA) is 50.4 Å². The number of nitrogens with one attached hydrogen (secondary N) is 2. The molecule has 1 aliphatic carbocycles. The van der Waals surface area contributed by atoms with Crippen molar-refractivity contribution in [2.45, 2.75) is 24.2 Å². The third-order valence-corrected chi connectivity index (χ3v) is 6.50. The number of carbonyl (C=O) groups excluding carboxylic acids is 1. The second-order valence-corrected chi connectivity index (χ2v) is 8.34. The lowest BCUT2D eigenvalue weighted by atomic mass is 10.2. The van der Waals surface area contributed by atoms with E-state index in [9.17, 15) is 4.79 Å². The van der Waals surface area contributed by atoms with E-state index in [1.807, 2.05) is 54.6 Å². The lowest BCUT2D eigenvalue weighted by Gasteiger charge is -2.09. The van der Waals surface area contributed by atoms with Crippen molar-refractivity contribution in [3.8, 4) is 5.75 Å². The fourth-order valence-corrected chi connectivity index (χ4v) is 4.90. The lowest BCUT2D eigenvalue weighted by molar-refractivity contribution is 0.103. The van der Waals surface area contributed by atoms with E-state index < -0.39 is 0 Å². The number of aryl methyl sites for hydroxylation is 2. The molecule has 1 aromatic heterocycles. The molecule has 1 aliphatic rings. The Hall–Kier alpha value is -2.44. The maximum Gasteiger partial charge on any atom is 0.265 e. The van der Waals surface area contributed by atoms with Crippen molar-refractivity contribution in [2.75, 3.05) is 17.1 Å². The summed E-state index contributed by atoms with van der Waals surface area (Å²) >= 11 is 3.13. The normalized spacial score (nSPS) is 12.5. The molecule has 1 amide bonds. The number of fused-ring (bicyclic) bond motifs is 1. The number of hydrogen-bond donors (Lipinski definition) is 2. The van der Waals surface area contributed by atoms with Crippen LogP contribution in [-0.4, -0.2) is 13.0 Å². The van der Waals surface area contributed by atoms with Gasteiger partial charge in [0.25, 0.3) is 5.91 Å². The molecule has 0 atom stereocenters. The van der Waals surface area contributed by atoms with Gasteiger partial charge in [-0.1, -0.05) is 6.07 Å². The summed E-state index contributed by atoms with van der Waals surface area (Å²) in [6, 6.07) is 17.7. The number of methoxy groups -OCH3 is 1. The Morgan fingerprint density at radius 2 is 1.93 bits per heavy atom. The Balaban J connectivity index is 1.38. The van der Waals surface area contributed by atoms with Gasteiger partial charge in [0.15, 0.2) is 0 Å². The molecule has 4 nitrogen and oxygen atoms in total. The standard InChI is InChI=1S/C21H20N2O2S2/c1-25-17-10-8-15(9-11-17)23-27-18-6-3-5-16(13-18)22-21(24)20-12-14-4-2-7-19(14)26-20/h3,5-6,8-13,23H,2,4,7H2,1H3,(H,22,24). The number of rotatable bonds is 6. The summed E-state index contributed by atoms with van der Waals surface area (Å²) in [5.41, 5.74) is 3.14. The van der Waals surface area contributed by atoms with Gasteiger partial charge in [-0.3, -0.25) is 4.79 Å². The third kappa shape index (κ3) is 4.28. The minimum Gasteiger partial charge on any atom is -0.497 e. The van der Waals surface area contributed by atoms with Gasteiger partial charge in [-0.2, -0.15) is 0 Å². The molecule has 3 aromatic rings. The second-order valence-electron chi connectivity index (χ2n) is 6.33. The van der Waals surface area contributed by atoms with Gasteiger partial charge in [-0.15, -0.1) is 11.3 Å². The van der Waals surface area contributed by atoms with Gasteiger partial charge >= 0.3 is 0 Å². The molecule has 0 radical (unpaired) electrons. The highest BCUT2D eigenvalue weighted by Crippen LogP contribution is 2.31. The second kappa shape index (κ2) is 8.06. The summed E-state index contributed by atoms with van der Waals surface area (Å²) in [5, 5.41) is 3.01. The first-order valence-electron chi connectivity index (χ1n) is 8.81. The van der Waals surface area contributed by atoms with E-state index >= 15 is 0 Å². The van der Waals surface area contributed by atoms with Crippen LogP contribution in [0, 0.1) is 0 Å². The van der Waals surface area contributed by atoms with E-state index in [-0.39, 0.29) is 5.91 Å². The summed E-state index contributed by atoms with van der Waals surface area (Å²) < 4.78 is 8.47. The Bertz CT molecular complexity index is 930. The number of thiophene rings is 1. The third-order valence-electron chi connectivity index (χ3n) is 4.44. The molecule has 4 rings (SSSR count). The van der Waals surface area contributed by atoms with Crippen LogP contribution in [0.5, 0.6) is 5.75 Å². The first-order chi connectivity index (χ1) is 13.2. The molecule has 0 spiro atoms. The summed E-state index contributed by atoms with van der Waals surface area (Å²) in [4.78, 5) is 15.7. The molecule has 27 heavy (non-hydrogen) atoms. The van der Waals surface area contributed by atoms with Gasteiger partial charge in [0.05, 0.1) is 12.0 Å². The SMILES string of the molecule is COc1ccc(NSc2cccc(NC(=O)c3cc4c(s3)CCC4)c2)cc1. The Labute approximate surface area is 167 Å². The molecule has 0 saturated carbocycles. The number of amides is 1. The van der Waals surface area contributed by atoms with Gasteiger partial charge in [-0.05, 0) is 85.3 Å². The molecule has 1 heterocycles. The fraction of sp³-hybridized carbons (Fsp3) is 0.190. The minimum absolute atomic E-state index is 0.0281. The van der Waals surface area contributed by atoms with Gasteiger partial charge < -0.3 is 14.8 Å². The van der Waals surface area contributed by atoms with Gasteiger partial charge in [0.2, 0.25) is 0 Å². The number of anilines is 2. The van der Waals surface area contributed by atoms with Gasteiger partial charge in [0.1, 0.15) is 5.75 Å². The summed E-state index contributed by atoms with van der Waals surface area (Å²) in [6.45, 7) is 0. The molecule has 0 aliphatic heterocycles. The smallest absolute Gasteiger partial charge is 0.265 e. The molecule has 0 saturated heterocycles. The fourth-order valence-electron chi connectivity index (χ4n) is 3.05. The summed E-state index contributed by atoms with van der Waals surface area (Å²) in [6.07, 6.45) is 3.42. The first-order valence-corrected chi connectivity index (χ1v) is 10.4. The quantitative estimate of drug-likeness (QED) is 0.531. The maximum atomic E-state index is 12.5. The molecule has 138 valence electrons. The van der Waals surface area contributed by atoms with Crippen molar-refractivity contribution in [1.29, 1.82) is 0 Å². The van der Waals surface area contributed by atoms with E-state index in [1.54, 1.807) is 18.4 Å². The number of carbonyl (C=O) groups is 1. The van der Waals surface area contributed by atoms with Crippen LogP contribution in [0.25, 0.3) is 0 Å². The number of hydrogen-bond acceptors (Lipinski definition) is 5. The van der Waals surface area contributed by atoms with Crippen LogP contribution in [0.4, 0.5) is 11.4 Å². The monoisotopic (exact) mass is 396 g/mol. The predicted octanol–water partition coefficient (Wildman–Crippen LogP) is 5.62. The largest absolute Gasteiger partial charge is 0.497 e. The van der Waals surface area contributed by atoms with E-state index in [0.29, 0.717) is 0 Å². The molecule has 0 bridgehead atoms. The molecule has 2 aromatic carbocycles. The maximum absolute atomic E-state index is 12.5. The molecule has 0 fully saturated rings. The van der Waals surface area contributed by atoms with Crippen LogP contribution in [-0.2, 0) is 12.8 Å².